The average molecular weight is 223 g/mol. The highest BCUT2D eigenvalue weighted by atomic mass is 19.1. The monoisotopic (exact) mass is 223 g/mol. The Kier molecular flexibility index (Phi) is 2.82. The van der Waals surface area contributed by atoms with Crippen molar-refractivity contribution in [3.05, 3.63) is 17.4 Å². The topological polar surface area (TPSA) is 62.5 Å². The highest BCUT2D eigenvalue weighted by molar-refractivity contribution is 5.55. The van der Waals surface area contributed by atoms with Crippen molar-refractivity contribution in [2.45, 2.75) is 12.8 Å². The van der Waals surface area contributed by atoms with Gasteiger partial charge in [-0.1, -0.05) is 0 Å². The summed E-state index contributed by atoms with van der Waals surface area (Å²) in [6.45, 7) is 0.861. The molecule has 4 nitrogen and oxygen atoms in total. The summed E-state index contributed by atoms with van der Waals surface area (Å²) < 4.78 is 24.0. The largest absolute Gasteiger partial charge is 0.505 e. The SMILES string of the molecule is N#CCc1c(O)c(F)cc2c1OCCCO2. The smallest absolute Gasteiger partial charge is 0.169 e. The van der Waals surface area contributed by atoms with Crippen LogP contribution in [0.1, 0.15) is 12.0 Å². The Morgan fingerprint density at radius 3 is 2.94 bits per heavy atom. The first kappa shape index (κ1) is 10.6. The normalized spacial score (nSPS) is 14.0. The molecule has 0 atom stereocenters. The number of fused-ring (bicyclic) bond motifs is 1. The van der Waals surface area contributed by atoms with Gasteiger partial charge >= 0.3 is 0 Å². The highest BCUT2D eigenvalue weighted by Crippen LogP contribution is 2.40. The van der Waals surface area contributed by atoms with Crippen LogP contribution >= 0.6 is 0 Å². The van der Waals surface area contributed by atoms with Crippen molar-refractivity contribution in [1.29, 1.82) is 5.26 Å². The summed E-state index contributed by atoms with van der Waals surface area (Å²) in [5.41, 5.74) is 0.152. The molecule has 5 heteroatoms. The minimum Gasteiger partial charge on any atom is -0.505 e. The van der Waals surface area contributed by atoms with E-state index in [2.05, 4.69) is 0 Å². The van der Waals surface area contributed by atoms with Crippen molar-refractivity contribution < 1.29 is 19.0 Å². The quantitative estimate of drug-likeness (QED) is 0.787. The lowest BCUT2D eigenvalue weighted by Gasteiger charge is -2.12. The molecule has 1 N–H and O–H groups in total. The van der Waals surface area contributed by atoms with Crippen LogP contribution in [0.3, 0.4) is 0 Å². The van der Waals surface area contributed by atoms with Crippen LogP contribution in [0.15, 0.2) is 6.07 Å². The van der Waals surface area contributed by atoms with Gasteiger partial charge in [0, 0.05) is 12.5 Å². The molecule has 16 heavy (non-hydrogen) atoms. The maximum Gasteiger partial charge on any atom is 0.169 e. The van der Waals surface area contributed by atoms with E-state index >= 15 is 0 Å². The van der Waals surface area contributed by atoms with Crippen LogP contribution in [-0.2, 0) is 6.42 Å². The van der Waals surface area contributed by atoms with E-state index in [4.69, 9.17) is 14.7 Å². The van der Waals surface area contributed by atoms with Gasteiger partial charge in [0.05, 0.1) is 31.3 Å². The van der Waals surface area contributed by atoms with Crippen LogP contribution in [0, 0.1) is 17.1 Å². The molecule has 0 bridgehead atoms. The number of ether oxygens (including phenoxy) is 2. The molecule has 1 aromatic carbocycles. The van der Waals surface area contributed by atoms with E-state index in [9.17, 15) is 9.50 Å². The number of nitriles is 1. The Morgan fingerprint density at radius 2 is 2.19 bits per heavy atom. The van der Waals surface area contributed by atoms with Crippen molar-refractivity contribution in [3.63, 3.8) is 0 Å². The lowest BCUT2D eigenvalue weighted by molar-refractivity contribution is 0.296. The molecule has 1 heterocycles. The van der Waals surface area contributed by atoms with Gasteiger partial charge in [0.2, 0.25) is 0 Å². The second kappa shape index (κ2) is 4.27. The number of rotatable bonds is 1. The van der Waals surface area contributed by atoms with E-state index in [1.165, 1.54) is 0 Å². The van der Waals surface area contributed by atoms with E-state index in [1.807, 2.05) is 6.07 Å². The Labute approximate surface area is 91.8 Å². The first-order valence-corrected chi connectivity index (χ1v) is 4.91. The number of phenols is 1. The molecule has 2 rings (SSSR count). The number of hydrogen-bond acceptors (Lipinski definition) is 4. The standard InChI is InChI=1S/C11H10FNO3/c12-8-6-9-11(16-5-1-4-15-9)7(2-3-13)10(8)14/h6,14H,1-2,4-5H2. The minimum absolute atomic E-state index is 0.116. The summed E-state index contributed by atoms with van der Waals surface area (Å²) >= 11 is 0. The lowest BCUT2D eigenvalue weighted by Crippen LogP contribution is -1.99. The van der Waals surface area contributed by atoms with Crippen LogP contribution in [-0.4, -0.2) is 18.3 Å². The number of nitrogens with zero attached hydrogens (tertiary/aromatic N) is 1. The molecule has 0 aromatic heterocycles. The first-order chi connectivity index (χ1) is 7.74. The summed E-state index contributed by atoms with van der Waals surface area (Å²) in [5.74, 6) is -0.809. The van der Waals surface area contributed by atoms with Crippen LogP contribution in [0.4, 0.5) is 4.39 Å². The van der Waals surface area contributed by atoms with Crippen LogP contribution < -0.4 is 9.47 Å². The third-order valence-corrected chi connectivity index (χ3v) is 2.32. The van der Waals surface area contributed by atoms with Gasteiger partial charge in [0.15, 0.2) is 23.1 Å². The van der Waals surface area contributed by atoms with Crippen LogP contribution in [0.25, 0.3) is 0 Å². The minimum atomic E-state index is -0.797. The molecule has 0 unspecified atom stereocenters. The predicted molar refractivity (Wildman–Crippen MR) is 53.0 cm³/mol. The average Bonchev–Trinajstić information content (AvgIpc) is 2.50. The molecule has 84 valence electrons. The number of halogens is 1. The van der Waals surface area contributed by atoms with Crippen molar-refractivity contribution in [2.24, 2.45) is 0 Å². The van der Waals surface area contributed by atoms with E-state index in [1.54, 1.807) is 0 Å². The van der Waals surface area contributed by atoms with E-state index in [0.717, 1.165) is 6.07 Å². The van der Waals surface area contributed by atoms with Gasteiger partial charge in [0.1, 0.15) is 0 Å². The maximum absolute atomic E-state index is 13.3. The van der Waals surface area contributed by atoms with Crippen molar-refractivity contribution >= 4 is 0 Å². The van der Waals surface area contributed by atoms with Crippen molar-refractivity contribution in [3.8, 4) is 23.3 Å². The number of aromatic hydroxyl groups is 1. The number of benzene rings is 1. The molecule has 0 spiro atoms. The van der Waals surface area contributed by atoms with E-state index in [0.29, 0.717) is 19.6 Å². The number of phenolic OH excluding ortho intramolecular Hbond substituents is 1. The fraction of sp³-hybridized carbons (Fsp3) is 0.364. The third-order valence-electron chi connectivity index (χ3n) is 2.32. The zero-order valence-electron chi connectivity index (χ0n) is 8.49. The van der Waals surface area contributed by atoms with Gasteiger partial charge in [-0.15, -0.1) is 0 Å². The molecule has 0 radical (unpaired) electrons. The fourth-order valence-electron chi connectivity index (χ4n) is 1.57. The molecule has 1 aliphatic rings. The Hall–Kier alpha value is -1.96. The Bertz CT molecular complexity index is 454. The lowest BCUT2D eigenvalue weighted by atomic mass is 10.1. The van der Waals surface area contributed by atoms with Crippen molar-refractivity contribution in [1.82, 2.24) is 0 Å². The molecule has 0 saturated heterocycles. The van der Waals surface area contributed by atoms with Crippen LogP contribution in [0.2, 0.25) is 0 Å². The molecule has 1 aromatic rings. The molecule has 0 aliphatic carbocycles. The predicted octanol–water partition coefficient (Wildman–Crippen LogP) is 1.76. The highest BCUT2D eigenvalue weighted by Gasteiger charge is 2.21. The molecule has 1 aliphatic heterocycles. The Morgan fingerprint density at radius 1 is 1.44 bits per heavy atom. The molecular formula is C11H10FNO3. The molecule has 0 amide bonds. The van der Waals surface area contributed by atoms with Gasteiger partial charge < -0.3 is 14.6 Å². The molecular weight excluding hydrogens is 213 g/mol. The molecule has 0 fully saturated rings. The zero-order chi connectivity index (χ0) is 11.5. The number of hydrogen-bond donors (Lipinski definition) is 1. The summed E-state index contributed by atoms with van der Waals surface area (Å²) in [5, 5.41) is 18.1. The first-order valence-electron chi connectivity index (χ1n) is 4.91. The van der Waals surface area contributed by atoms with Gasteiger partial charge in [-0.25, -0.2) is 4.39 Å². The summed E-state index contributed by atoms with van der Waals surface area (Å²) in [4.78, 5) is 0. The zero-order valence-corrected chi connectivity index (χ0v) is 8.49. The van der Waals surface area contributed by atoms with E-state index in [-0.39, 0.29) is 23.5 Å². The summed E-state index contributed by atoms with van der Waals surface area (Å²) in [6.07, 6.45) is 0.568. The van der Waals surface area contributed by atoms with Crippen LogP contribution in [0.5, 0.6) is 17.2 Å². The molecule has 0 saturated carbocycles. The van der Waals surface area contributed by atoms with Crippen molar-refractivity contribution in [2.75, 3.05) is 13.2 Å². The fourth-order valence-corrected chi connectivity index (χ4v) is 1.57. The van der Waals surface area contributed by atoms with Gasteiger partial charge in [-0.3, -0.25) is 0 Å². The van der Waals surface area contributed by atoms with Gasteiger partial charge in [0.25, 0.3) is 0 Å². The Balaban J connectivity index is 2.56. The maximum atomic E-state index is 13.3. The summed E-state index contributed by atoms with van der Waals surface area (Å²) in [6, 6.07) is 2.94. The van der Waals surface area contributed by atoms with E-state index < -0.39 is 11.6 Å². The second-order valence-corrected chi connectivity index (χ2v) is 3.40. The summed E-state index contributed by atoms with van der Waals surface area (Å²) in [7, 11) is 0. The van der Waals surface area contributed by atoms with Gasteiger partial charge in [-0.2, -0.15) is 5.26 Å². The second-order valence-electron chi connectivity index (χ2n) is 3.40. The van der Waals surface area contributed by atoms with Gasteiger partial charge in [-0.05, 0) is 0 Å². The third kappa shape index (κ3) is 1.74.